The number of aromatic nitrogens is 2. The number of rotatable bonds is 7. The van der Waals surface area contributed by atoms with E-state index in [1.807, 2.05) is 19.1 Å². The van der Waals surface area contributed by atoms with Crippen molar-refractivity contribution >= 4 is 29.1 Å². The number of ether oxygens (including phenoxy) is 1. The van der Waals surface area contributed by atoms with Crippen molar-refractivity contribution in [2.24, 2.45) is 0 Å². The molecule has 8 heteroatoms. The van der Waals surface area contributed by atoms with E-state index >= 15 is 0 Å². The van der Waals surface area contributed by atoms with Crippen LogP contribution in [0.5, 0.6) is 5.75 Å². The average molecular weight is 420 g/mol. The minimum atomic E-state index is -0.223. The van der Waals surface area contributed by atoms with Crippen molar-refractivity contribution in [3.8, 4) is 17.2 Å². The summed E-state index contributed by atoms with van der Waals surface area (Å²) in [7, 11) is 1.51. The number of carbonyl (C=O) groups excluding carboxylic acids is 1. The fraction of sp³-hybridized carbons (Fsp3) is 0.250. The number of halogens is 2. The number of methoxy groups -OCH3 is 1. The van der Waals surface area contributed by atoms with E-state index in [9.17, 15) is 4.79 Å². The second-order valence-corrected chi connectivity index (χ2v) is 6.90. The Labute approximate surface area is 173 Å². The molecule has 0 N–H and O–H groups in total. The summed E-state index contributed by atoms with van der Waals surface area (Å²) in [5.41, 5.74) is 1.03. The Morgan fingerprint density at radius 2 is 1.96 bits per heavy atom. The summed E-state index contributed by atoms with van der Waals surface area (Å²) < 4.78 is 11.0. The zero-order chi connectivity index (χ0) is 20.1. The maximum Gasteiger partial charge on any atom is 0.258 e. The van der Waals surface area contributed by atoms with Gasteiger partial charge in [-0.25, -0.2) is 0 Å². The van der Waals surface area contributed by atoms with Crippen LogP contribution in [0, 0.1) is 0 Å². The Morgan fingerprint density at radius 3 is 2.68 bits per heavy atom. The summed E-state index contributed by atoms with van der Waals surface area (Å²) in [5.74, 6) is 0.860. The molecule has 0 fully saturated rings. The molecule has 6 nitrogen and oxygen atoms in total. The average Bonchev–Trinajstić information content (AvgIpc) is 3.15. The van der Waals surface area contributed by atoms with Crippen LogP contribution >= 0.6 is 23.2 Å². The van der Waals surface area contributed by atoms with Gasteiger partial charge in [0.1, 0.15) is 5.75 Å². The Kier molecular flexibility index (Phi) is 6.54. The van der Waals surface area contributed by atoms with Crippen molar-refractivity contribution in [3.05, 3.63) is 64.0 Å². The van der Waals surface area contributed by atoms with Crippen LogP contribution in [0.25, 0.3) is 11.5 Å². The first kappa shape index (κ1) is 20.2. The van der Waals surface area contributed by atoms with Gasteiger partial charge in [-0.2, -0.15) is 0 Å². The van der Waals surface area contributed by atoms with E-state index in [1.165, 1.54) is 7.11 Å². The molecule has 0 spiro atoms. The van der Waals surface area contributed by atoms with Crippen LogP contribution in [-0.2, 0) is 6.54 Å². The fourth-order valence-corrected chi connectivity index (χ4v) is 3.15. The number of hydrogen-bond acceptors (Lipinski definition) is 5. The summed E-state index contributed by atoms with van der Waals surface area (Å²) in [6.45, 7) is 2.66. The van der Waals surface area contributed by atoms with E-state index in [0.717, 1.165) is 6.42 Å². The minimum Gasteiger partial charge on any atom is -0.496 e. The SMILES string of the molecule is CCCN(Cc1nnc(-c2ccccc2Cl)o1)C(=O)c1cc(Cl)ccc1OC. The summed E-state index contributed by atoms with van der Waals surface area (Å²) in [4.78, 5) is 14.7. The highest BCUT2D eigenvalue weighted by Gasteiger charge is 2.22. The standard InChI is InChI=1S/C20H19Cl2N3O3/c1-3-10-25(20(26)15-11-13(21)8-9-17(15)27-2)12-18-23-24-19(28-18)14-6-4-5-7-16(14)22/h4-9,11H,3,10,12H2,1-2H3. The van der Waals surface area contributed by atoms with Gasteiger partial charge in [-0.05, 0) is 36.8 Å². The molecule has 0 saturated carbocycles. The molecule has 0 saturated heterocycles. The van der Waals surface area contributed by atoms with Gasteiger partial charge in [-0.15, -0.1) is 10.2 Å². The fourth-order valence-electron chi connectivity index (χ4n) is 2.76. The second-order valence-electron chi connectivity index (χ2n) is 6.05. The quantitative estimate of drug-likeness (QED) is 0.532. The largest absolute Gasteiger partial charge is 0.496 e. The molecule has 0 unspecified atom stereocenters. The lowest BCUT2D eigenvalue weighted by atomic mass is 10.1. The Bertz CT molecular complexity index is 975. The van der Waals surface area contributed by atoms with Crippen molar-refractivity contribution in [1.82, 2.24) is 15.1 Å². The number of hydrogen-bond donors (Lipinski definition) is 0. The molecule has 3 aromatic rings. The lowest BCUT2D eigenvalue weighted by Crippen LogP contribution is -2.31. The topological polar surface area (TPSA) is 68.5 Å². The summed E-state index contributed by atoms with van der Waals surface area (Å²) in [6, 6.07) is 12.1. The molecule has 146 valence electrons. The van der Waals surface area contributed by atoms with E-state index in [1.54, 1.807) is 35.2 Å². The van der Waals surface area contributed by atoms with E-state index < -0.39 is 0 Å². The first-order valence-corrected chi connectivity index (χ1v) is 9.49. The summed E-state index contributed by atoms with van der Waals surface area (Å²) in [6.07, 6.45) is 0.764. The first-order valence-electron chi connectivity index (χ1n) is 8.73. The predicted octanol–water partition coefficient (Wildman–Crippen LogP) is 5.10. The van der Waals surface area contributed by atoms with Crippen LogP contribution in [0.15, 0.2) is 46.9 Å². The maximum atomic E-state index is 13.1. The van der Waals surface area contributed by atoms with Crippen molar-refractivity contribution in [2.75, 3.05) is 13.7 Å². The van der Waals surface area contributed by atoms with Crippen LogP contribution in [0.3, 0.4) is 0 Å². The molecule has 2 aromatic carbocycles. The number of benzene rings is 2. The lowest BCUT2D eigenvalue weighted by molar-refractivity contribution is 0.0725. The molecule has 0 bridgehead atoms. The molecule has 0 aliphatic rings. The monoisotopic (exact) mass is 419 g/mol. The van der Waals surface area contributed by atoms with Gasteiger partial charge >= 0.3 is 0 Å². The van der Waals surface area contributed by atoms with Crippen molar-refractivity contribution < 1.29 is 13.9 Å². The zero-order valence-corrected chi connectivity index (χ0v) is 17.0. The molecule has 0 radical (unpaired) electrons. The number of carbonyl (C=O) groups is 1. The molecule has 3 rings (SSSR count). The van der Waals surface area contributed by atoms with Crippen LogP contribution in [0.1, 0.15) is 29.6 Å². The zero-order valence-electron chi connectivity index (χ0n) is 15.5. The second kappa shape index (κ2) is 9.08. The van der Waals surface area contributed by atoms with E-state index in [-0.39, 0.29) is 12.5 Å². The van der Waals surface area contributed by atoms with Crippen molar-refractivity contribution in [2.45, 2.75) is 19.9 Å². The molecule has 0 aliphatic heterocycles. The molecule has 1 heterocycles. The highest BCUT2D eigenvalue weighted by molar-refractivity contribution is 6.33. The molecule has 28 heavy (non-hydrogen) atoms. The molecule has 1 aromatic heterocycles. The van der Waals surface area contributed by atoms with E-state index in [2.05, 4.69) is 10.2 Å². The Hall–Kier alpha value is -2.57. The summed E-state index contributed by atoms with van der Waals surface area (Å²) in [5, 5.41) is 9.10. The number of amides is 1. The van der Waals surface area contributed by atoms with Crippen molar-refractivity contribution in [1.29, 1.82) is 0 Å². The Morgan fingerprint density at radius 1 is 1.18 bits per heavy atom. The maximum absolute atomic E-state index is 13.1. The van der Waals surface area contributed by atoms with E-state index in [4.69, 9.17) is 32.4 Å². The molecule has 0 aliphatic carbocycles. The minimum absolute atomic E-state index is 0.166. The lowest BCUT2D eigenvalue weighted by Gasteiger charge is -2.21. The Balaban J connectivity index is 1.85. The van der Waals surface area contributed by atoms with Crippen molar-refractivity contribution in [3.63, 3.8) is 0 Å². The van der Waals surface area contributed by atoms with Gasteiger partial charge < -0.3 is 14.1 Å². The number of nitrogens with zero attached hydrogens (tertiary/aromatic N) is 3. The van der Waals surface area contributed by atoms with Gasteiger partial charge in [0.05, 0.1) is 29.8 Å². The van der Waals surface area contributed by atoms with Crippen LogP contribution in [0.2, 0.25) is 10.0 Å². The van der Waals surface area contributed by atoms with Gasteiger partial charge in [-0.3, -0.25) is 4.79 Å². The highest BCUT2D eigenvalue weighted by atomic mass is 35.5. The van der Waals surface area contributed by atoms with Crippen LogP contribution < -0.4 is 4.74 Å². The summed E-state index contributed by atoms with van der Waals surface area (Å²) >= 11 is 12.2. The van der Waals surface area contributed by atoms with Crippen LogP contribution in [-0.4, -0.2) is 34.7 Å². The smallest absolute Gasteiger partial charge is 0.258 e. The van der Waals surface area contributed by atoms with Gasteiger partial charge in [-0.1, -0.05) is 42.3 Å². The molecular formula is C20H19Cl2N3O3. The highest BCUT2D eigenvalue weighted by Crippen LogP contribution is 2.27. The van der Waals surface area contributed by atoms with E-state index in [0.29, 0.717) is 45.2 Å². The third-order valence-electron chi connectivity index (χ3n) is 4.07. The first-order chi connectivity index (χ1) is 13.5. The predicted molar refractivity (Wildman–Crippen MR) is 108 cm³/mol. The molecule has 0 atom stereocenters. The normalized spacial score (nSPS) is 10.7. The third-order valence-corrected chi connectivity index (χ3v) is 4.63. The van der Waals surface area contributed by atoms with Gasteiger partial charge in [0, 0.05) is 11.6 Å². The van der Waals surface area contributed by atoms with Gasteiger partial charge in [0.25, 0.3) is 5.91 Å². The van der Waals surface area contributed by atoms with Gasteiger partial charge in [0.15, 0.2) is 0 Å². The third kappa shape index (κ3) is 4.46. The van der Waals surface area contributed by atoms with Gasteiger partial charge in [0.2, 0.25) is 11.8 Å². The molecule has 1 amide bonds. The van der Waals surface area contributed by atoms with Crippen LogP contribution in [0.4, 0.5) is 0 Å². The molecular weight excluding hydrogens is 401 g/mol.